The van der Waals surface area contributed by atoms with Gasteiger partial charge in [-0.1, -0.05) is 10.3 Å². The first-order valence-electron chi connectivity index (χ1n) is 9.29. The highest BCUT2D eigenvalue weighted by Gasteiger charge is 2.45. The second-order valence-electron chi connectivity index (χ2n) is 7.84. The average molecular weight is 372 g/mol. The topological polar surface area (TPSA) is 92.7 Å². The number of carbonyl (C=O) groups excluding carboxylic acids is 2. The van der Waals surface area contributed by atoms with Crippen molar-refractivity contribution in [2.24, 2.45) is 5.41 Å². The van der Waals surface area contributed by atoms with E-state index in [1.807, 2.05) is 23.6 Å². The zero-order chi connectivity index (χ0) is 19.2. The molecule has 2 aromatic rings. The van der Waals surface area contributed by atoms with Crippen molar-refractivity contribution in [1.29, 1.82) is 0 Å². The smallest absolute Gasteiger partial charge is 0.276 e. The highest BCUT2D eigenvalue weighted by atomic mass is 16.5. The van der Waals surface area contributed by atoms with Gasteiger partial charge in [-0.25, -0.2) is 0 Å². The number of rotatable bonds is 3. The molecule has 2 fully saturated rings. The van der Waals surface area contributed by atoms with Crippen molar-refractivity contribution in [2.75, 3.05) is 19.6 Å². The predicted octanol–water partition coefficient (Wildman–Crippen LogP) is 2.24. The molecular weight excluding hydrogens is 348 g/mol. The maximum absolute atomic E-state index is 12.6. The standard InChI is InChI=1S/C19H24N4O4/c1-12-8-16(21-26-12)18(25)22-6-4-19(5-7-22)9-17(24)23(11-19)10-15-13(2)20-27-14(15)3/h8H,4-7,9-11H2,1-3H3. The Morgan fingerprint density at radius 3 is 2.52 bits per heavy atom. The number of amides is 2. The molecule has 8 nitrogen and oxygen atoms in total. The van der Waals surface area contributed by atoms with E-state index in [0.717, 1.165) is 36.4 Å². The molecular formula is C19H24N4O4. The van der Waals surface area contributed by atoms with Gasteiger partial charge in [0, 0.05) is 43.1 Å². The second-order valence-corrected chi connectivity index (χ2v) is 7.84. The first-order valence-corrected chi connectivity index (χ1v) is 9.29. The zero-order valence-electron chi connectivity index (χ0n) is 15.9. The molecule has 8 heteroatoms. The fourth-order valence-electron chi connectivity index (χ4n) is 4.19. The number of aromatic nitrogens is 2. The summed E-state index contributed by atoms with van der Waals surface area (Å²) >= 11 is 0. The van der Waals surface area contributed by atoms with Crippen molar-refractivity contribution >= 4 is 11.8 Å². The number of likely N-dealkylation sites (tertiary alicyclic amines) is 2. The maximum atomic E-state index is 12.6. The molecule has 2 aliphatic heterocycles. The van der Waals surface area contributed by atoms with E-state index in [-0.39, 0.29) is 17.2 Å². The Kier molecular flexibility index (Phi) is 4.28. The largest absolute Gasteiger partial charge is 0.361 e. The van der Waals surface area contributed by atoms with Crippen molar-refractivity contribution in [3.63, 3.8) is 0 Å². The summed E-state index contributed by atoms with van der Waals surface area (Å²) in [4.78, 5) is 28.9. The minimum absolute atomic E-state index is 0.0490. The van der Waals surface area contributed by atoms with Crippen LogP contribution in [0.3, 0.4) is 0 Å². The summed E-state index contributed by atoms with van der Waals surface area (Å²) in [6.07, 6.45) is 2.18. The lowest BCUT2D eigenvalue weighted by Gasteiger charge is -2.38. The summed E-state index contributed by atoms with van der Waals surface area (Å²) in [6, 6.07) is 1.66. The Morgan fingerprint density at radius 1 is 1.19 bits per heavy atom. The molecule has 0 saturated carbocycles. The summed E-state index contributed by atoms with van der Waals surface area (Å²) in [7, 11) is 0. The number of hydrogen-bond donors (Lipinski definition) is 0. The van der Waals surface area contributed by atoms with Crippen LogP contribution in [0.25, 0.3) is 0 Å². The average Bonchev–Trinajstić information content (AvgIpc) is 3.30. The van der Waals surface area contributed by atoms with Crippen LogP contribution in [0.5, 0.6) is 0 Å². The third-order valence-corrected chi connectivity index (χ3v) is 5.89. The molecule has 2 saturated heterocycles. The van der Waals surface area contributed by atoms with E-state index in [9.17, 15) is 9.59 Å². The van der Waals surface area contributed by atoms with Gasteiger partial charge in [-0.2, -0.15) is 0 Å². The van der Waals surface area contributed by atoms with Crippen LogP contribution in [0.4, 0.5) is 0 Å². The lowest BCUT2D eigenvalue weighted by atomic mass is 9.77. The minimum atomic E-state index is -0.0985. The molecule has 0 bridgehead atoms. The summed E-state index contributed by atoms with van der Waals surface area (Å²) in [5, 5.41) is 7.80. The molecule has 144 valence electrons. The molecule has 1 spiro atoms. The van der Waals surface area contributed by atoms with E-state index in [1.165, 1.54) is 0 Å². The van der Waals surface area contributed by atoms with Crippen molar-refractivity contribution in [3.05, 3.63) is 34.5 Å². The van der Waals surface area contributed by atoms with E-state index in [4.69, 9.17) is 9.05 Å². The van der Waals surface area contributed by atoms with Gasteiger partial charge in [0.15, 0.2) is 5.69 Å². The lowest BCUT2D eigenvalue weighted by molar-refractivity contribution is -0.128. The van der Waals surface area contributed by atoms with Gasteiger partial charge in [-0.3, -0.25) is 9.59 Å². The Hall–Kier alpha value is -2.64. The first kappa shape index (κ1) is 17.8. The van der Waals surface area contributed by atoms with Crippen molar-refractivity contribution in [2.45, 2.75) is 46.6 Å². The van der Waals surface area contributed by atoms with E-state index < -0.39 is 0 Å². The summed E-state index contributed by atoms with van der Waals surface area (Å²) in [5.74, 6) is 1.47. The van der Waals surface area contributed by atoms with Crippen LogP contribution in [0.2, 0.25) is 0 Å². The Balaban J connectivity index is 1.40. The minimum Gasteiger partial charge on any atom is -0.361 e. The van der Waals surface area contributed by atoms with Crippen LogP contribution >= 0.6 is 0 Å². The molecule has 2 amide bonds. The molecule has 0 N–H and O–H groups in total. The third-order valence-electron chi connectivity index (χ3n) is 5.89. The SMILES string of the molecule is Cc1cc(C(=O)N2CCC3(CC2)CC(=O)N(Cc2c(C)noc2C)C3)no1. The Morgan fingerprint density at radius 2 is 1.93 bits per heavy atom. The molecule has 0 atom stereocenters. The molecule has 2 aliphatic rings. The van der Waals surface area contributed by atoms with Crippen LogP contribution in [0.1, 0.15) is 52.5 Å². The van der Waals surface area contributed by atoms with Gasteiger partial charge in [0.25, 0.3) is 5.91 Å². The third kappa shape index (κ3) is 3.24. The van der Waals surface area contributed by atoms with Crippen LogP contribution in [-0.4, -0.2) is 51.6 Å². The fourth-order valence-corrected chi connectivity index (χ4v) is 4.19. The van der Waals surface area contributed by atoms with Gasteiger partial charge in [-0.15, -0.1) is 0 Å². The number of hydrogen-bond acceptors (Lipinski definition) is 6. The lowest BCUT2D eigenvalue weighted by Crippen LogP contribution is -2.44. The number of nitrogens with zero attached hydrogens (tertiary/aromatic N) is 4. The van der Waals surface area contributed by atoms with Gasteiger partial charge in [0.05, 0.1) is 12.2 Å². The van der Waals surface area contributed by atoms with E-state index in [2.05, 4.69) is 10.3 Å². The summed E-state index contributed by atoms with van der Waals surface area (Å²) in [5.41, 5.74) is 2.14. The molecule has 4 rings (SSSR count). The van der Waals surface area contributed by atoms with E-state index in [1.54, 1.807) is 13.0 Å². The monoisotopic (exact) mass is 372 g/mol. The van der Waals surface area contributed by atoms with Crippen molar-refractivity contribution < 1.29 is 18.6 Å². The zero-order valence-corrected chi connectivity index (χ0v) is 15.9. The molecule has 27 heavy (non-hydrogen) atoms. The van der Waals surface area contributed by atoms with Gasteiger partial charge in [0.1, 0.15) is 11.5 Å². The van der Waals surface area contributed by atoms with Gasteiger partial charge >= 0.3 is 0 Å². The Labute approximate surface area is 157 Å². The van der Waals surface area contributed by atoms with E-state index in [0.29, 0.717) is 37.5 Å². The van der Waals surface area contributed by atoms with Crippen molar-refractivity contribution in [1.82, 2.24) is 20.1 Å². The number of piperidine rings is 1. The van der Waals surface area contributed by atoms with Gasteiger partial charge in [0.2, 0.25) is 5.91 Å². The molecule has 0 radical (unpaired) electrons. The Bertz CT molecular complexity index is 857. The van der Waals surface area contributed by atoms with Crippen LogP contribution in [0, 0.1) is 26.2 Å². The summed E-state index contributed by atoms with van der Waals surface area (Å²) in [6.45, 7) is 8.09. The number of aryl methyl sites for hydroxylation is 3. The highest BCUT2D eigenvalue weighted by molar-refractivity contribution is 5.92. The fraction of sp³-hybridized carbons (Fsp3) is 0.579. The van der Waals surface area contributed by atoms with Crippen LogP contribution < -0.4 is 0 Å². The van der Waals surface area contributed by atoms with Crippen LogP contribution in [-0.2, 0) is 11.3 Å². The van der Waals surface area contributed by atoms with Gasteiger partial charge in [-0.05, 0) is 33.6 Å². The molecule has 0 aromatic carbocycles. The maximum Gasteiger partial charge on any atom is 0.276 e. The molecule has 2 aromatic heterocycles. The van der Waals surface area contributed by atoms with E-state index >= 15 is 0 Å². The van der Waals surface area contributed by atoms with Crippen LogP contribution in [0.15, 0.2) is 15.1 Å². The molecule has 0 aliphatic carbocycles. The molecule has 0 unspecified atom stereocenters. The second kappa shape index (κ2) is 6.51. The molecule has 4 heterocycles. The van der Waals surface area contributed by atoms with Gasteiger partial charge < -0.3 is 18.8 Å². The predicted molar refractivity (Wildman–Crippen MR) is 94.8 cm³/mol. The highest BCUT2D eigenvalue weighted by Crippen LogP contribution is 2.42. The quantitative estimate of drug-likeness (QED) is 0.820. The number of carbonyl (C=O) groups is 2. The first-order chi connectivity index (χ1) is 12.9. The summed E-state index contributed by atoms with van der Waals surface area (Å²) < 4.78 is 10.2. The van der Waals surface area contributed by atoms with Crippen molar-refractivity contribution in [3.8, 4) is 0 Å². The normalized spacial score (nSPS) is 19.3.